The summed E-state index contributed by atoms with van der Waals surface area (Å²) in [4.78, 5) is 23.8. The summed E-state index contributed by atoms with van der Waals surface area (Å²) in [6.07, 6.45) is 0. The number of ether oxygens (including phenoxy) is 2. The Morgan fingerprint density at radius 3 is 2.41 bits per heavy atom. The summed E-state index contributed by atoms with van der Waals surface area (Å²) in [5, 5.41) is 5.60. The van der Waals surface area contributed by atoms with Crippen molar-refractivity contribution in [3.63, 3.8) is 0 Å². The second-order valence-electron chi connectivity index (χ2n) is 5.33. The molecule has 2 rings (SSSR count). The normalized spacial score (nSPS) is 10.4. The van der Waals surface area contributed by atoms with E-state index >= 15 is 0 Å². The lowest BCUT2D eigenvalue weighted by Gasteiger charge is -2.12. The van der Waals surface area contributed by atoms with E-state index in [2.05, 4.69) is 15.4 Å². The van der Waals surface area contributed by atoms with Crippen LogP contribution in [-0.2, 0) is 11.3 Å². The summed E-state index contributed by atoms with van der Waals surface area (Å²) in [6.45, 7) is -3.06. The van der Waals surface area contributed by atoms with E-state index in [1.165, 1.54) is 25.3 Å². The van der Waals surface area contributed by atoms with Gasteiger partial charge in [-0.3, -0.25) is 9.59 Å². The molecule has 0 aliphatic carbocycles. The van der Waals surface area contributed by atoms with Gasteiger partial charge in [-0.15, -0.1) is 0 Å². The minimum atomic E-state index is -2.96. The fourth-order valence-electron chi connectivity index (χ4n) is 2.14. The molecule has 2 aromatic carbocycles. The molecule has 0 unspecified atom stereocenters. The van der Waals surface area contributed by atoms with Gasteiger partial charge in [0, 0.05) is 17.1 Å². The molecule has 6 nitrogen and oxygen atoms in total. The zero-order chi connectivity index (χ0) is 19.8. The number of rotatable bonds is 8. The molecule has 2 aromatic rings. The molecule has 27 heavy (non-hydrogen) atoms. The van der Waals surface area contributed by atoms with Crippen LogP contribution in [0.3, 0.4) is 0 Å². The molecule has 0 saturated heterocycles. The molecule has 0 aromatic heterocycles. The van der Waals surface area contributed by atoms with Gasteiger partial charge in [0.05, 0.1) is 13.7 Å². The van der Waals surface area contributed by atoms with Gasteiger partial charge in [-0.05, 0) is 42.0 Å². The van der Waals surface area contributed by atoms with E-state index in [1.54, 1.807) is 24.3 Å². The molecule has 0 aliphatic rings. The number of carbonyl (C=O) groups excluding carboxylic acids is 2. The predicted octanol–water partition coefficient (Wildman–Crippen LogP) is 3.00. The average Bonchev–Trinajstić information content (AvgIpc) is 2.65. The van der Waals surface area contributed by atoms with Crippen molar-refractivity contribution >= 4 is 23.4 Å². The number of amides is 2. The predicted molar refractivity (Wildman–Crippen MR) is 95.3 cm³/mol. The van der Waals surface area contributed by atoms with Gasteiger partial charge < -0.3 is 20.1 Å². The van der Waals surface area contributed by atoms with Gasteiger partial charge in [0.15, 0.2) is 11.5 Å². The van der Waals surface area contributed by atoms with Crippen LogP contribution in [0.2, 0.25) is 5.02 Å². The second kappa shape index (κ2) is 9.72. The highest BCUT2D eigenvalue weighted by Gasteiger charge is 2.12. The van der Waals surface area contributed by atoms with Gasteiger partial charge >= 0.3 is 6.61 Å². The van der Waals surface area contributed by atoms with Crippen molar-refractivity contribution in [3.05, 3.63) is 58.6 Å². The Kier molecular flexibility index (Phi) is 7.36. The van der Waals surface area contributed by atoms with E-state index in [4.69, 9.17) is 16.3 Å². The van der Waals surface area contributed by atoms with Crippen LogP contribution in [0.4, 0.5) is 8.78 Å². The number of nitrogens with one attached hydrogen (secondary N) is 2. The van der Waals surface area contributed by atoms with Crippen molar-refractivity contribution in [2.45, 2.75) is 13.2 Å². The highest BCUT2D eigenvalue weighted by molar-refractivity contribution is 6.30. The third-order valence-electron chi connectivity index (χ3n) is 3.45. The molecule has 0 saturated carbocycles. The maximum Gasteiger partial charge on any atom is 0.387 e. The molecule has 0 spiro atoms. The summed E-state index contributed by atoms with van der Waals surface area (Å²) in [5.41, 5.74) is 0.998. The molecule has 9 heteroatoms. The fourth-order valence-corrected chi connectivity index (χ4v) is 2.27. The van der Waals surface area contributed by atoms with Crippen LogP contribution in [0.15, 0.2) is 42.5 Å². The molecule has 0 heterocycles. The smallest absolute Gasteiger partial charge is 0.387 e. The topological polar surface area (TPSA) is 76.7 Å². The number of carbonyl (C=O) groups is 2. The van der Waals surface area contributed by atoms with E-state index in [-0.39, 0.29) is 24.6 Å². The minimum Gasteiger partial charge on any atom is -0.493 e. The van der Waals surface area contributed by atoms with E-state index in [0.717, 1.165) is 0 Å². The molecule has 2 amide bonds. The summed E-state index contributed by atoms with van der Waals surface area (Å²) >= 11 is 5.75. The monoisotopic (exact) mass is 398 g/mol. The molecule has 0 bridgehead atoms. The highest BCUT2D eigenvalue weighted by atomic mass is 35.5. The van der Waals surface area contributed by atoms with Crippen molar-refractivity contribution in [1.29, 1.82) is 0 Å². The SMILES string of the molecule is COc1cc(CNC(=O)CNC(=O)c2ccc(Cl)cc2)ccc1OC(F)F. The Hall–Kier alpha value is -2.87. The van der Waals surface area contributed by atoms with Crippen LogP contribution < -0.4 is 20.1 Å². The molecular weight excluding hydrogens is 382 g/mol. The van der Waals surface area contributed by atoms with Gasteiger partial charge in [0.1, 0.15) is 0 Å². The highest BCUT2D eigenvalue weighted by Crippen LogP contribution is 2.29. The van der Waals surface area contributed by atoms with E-state index < -0.39 is 18.4 Å². The standard InChI is InChI=1S/C18H17ClF2N2O4/c1-26-15-8-11(2-7-14(15)27-18(20)21)9-22-16(24)10-23-17(25)12-3-5-13(19)6-4-12/h2-8,18H,9-10H2,1H3,(H,22,24)(H,23,25). The third-order valence-corrected chi connectivity index (χ3v) is 3.70. The molecule has 0 radical (unpaired) electrons. The maximum atomic E-state index is 12.3. The van der Waals surface area contributed by atoms with Crippen LogP contribution in [-0.4, -0.2) is 32.1 Å². The van der Waals surface area contributed by atoms with E-state index in [9.17, 15) is 18.4 Å². The summed E-state index contributed by atoms with van der Waals surface area (Å²) in [6, 6.07) is 10.6. The lowest BCUT2D eigenvalue weighted by molar-refractivity contribution is -0.120. The first-order valence-electron chi connectivity index (χ1n) is 7.81. The van der Waals surface area contributed by atoms with Crippen molar-refractivity contribution in [2.75, 3.05) is 13.7 Å². The van der Waals surface area contributed by atoms with Gasteiger partial charge in [0.2, 0.25) is 5.91 Å². The number of benzene rings is 2. The number of methoxy groups -OCH3 is 1. The van der Waals surface area contributed by atoms with Crippen molar-refractivity contribution in [1.82, 2.24) is 10.6 Å². The van der Waals surface area contributed by atoms with Crippen molar-refractivity contribution in [2.24, 2.45) is 0 Å². The maximum absolute atomic E-state index is 12.3. The number of halogens is 3. The first kappa shape index (κ1) is 20.4. The van der Waals surface area contributed by atoms with Crippen LogP contribution in [0.1, 0.15) is 15.9 Å². The molecule has 144 valence electrons. The Labute approximate surface area is 159 Å². The van der Waals surface area contributed by atoms with Crippen LogP contribution in [0, 0.1) is 0 Å². The lowest BCUT2D eigenvalue weighted by Crippen LogP contribution is -2.36. The lowest BCUT2D eigenvalue weighted by atomic mass is 10.2. The Morgan fingerprint density at radius 2 is 1.78 bits per heavy atom. The van der Waals surface area contributed by atoms with Gasteiger partial charge in [-0.2, -0.15) is 8.78 Å². The van der Waals surface area contributed by atoms with Crippen LogP contribution in [0.25, 0.3) is 0 Å². The molecule has 0 aliphatic heterocycles. The number of hydrogen-bond acceptors (Lipinski definition) is 4. The first-order chi connectivity index (χ1) is 12.9. The van der Waals surface area contributed by atoms with Crippen LogP contribution in [0.5, 0.6) is 11.5 Å². The number of alkyl halides is 2. The molecule has 0 fully saturated rings. The average molecular weight is 399 g/mol. The van der Waals surface area contributed by atoms with Gasteiger partial charge in [-0.1, -0.05) is 17.7 Å². The van der Waals surface area contributed by atoms with Crippen molar-refractivity contribution in [3.8, 4) is 11.5 Å². The third kappa shape index (κ3) is 6.41. The Bertz CT molecular complexity index is 800. The largest absolute Gasteiger partial charge is 0.493 e. The number of hydrogen-bond donors (Lipinski definition) is 2. The van der Waals surface area contributed by atoms with E-state index in [0.29, 0.717) is 16.1 Å². The molecule has 0 atom stereocenters. The first-order valence-corrected chi connectivity index (χ1v) is 8.19. The van der Waals surface area contributed by atoms with Crippen molar-refractivity contribution < 1.29 is 27.8 Å². The minimum absolute atomic E-state index is 0.0993. The van der Waals surface area contributed by atoms with Gasteiger partial charge in [-0.25, -0.2) is 0 Å². The fraction of sp³-hybridized carbons (Fsp3) is 0.222. The Balaban J connectivity index is 1.84. The Morgan fingerprint density at radius 1 is 1.07 bits per heavy atom. The zero-order valence-electron chi connectivity index (χ0n) is 14.3. The summed E-state index contributed by atoms with van der Waals surface area (Å²) in [7, 11) is 1.32. The van der Waals surface area contributed by atoms with E-state index in [1.807, 2.05) is 0 Å². The molecule has 2 N–H and O–H groups in total. The van der Waals surface area contributed by atoms with Crippen LogP contribution >= 0.6 is 11.6 Å². The zero-order valence-corrected chi connectivity index (χ0v) is 15.1. The second-order valence-corrected chi connectivity index (χ2v) is 5.77. The summed E-state index contributed by atoms with van der Waals surface area (Å²) in [5.74, 6) is -0.794. The summed E-state index contributed by atoms with van der Waals surface area (Å²) < 4.78 is 33.9. The quantitative estimate of drug-likeness (QED) is 0.716. The van der Waals surface area contributed by atoms with Gasteiger partial charge in [0.25, 0.3) is 5.91 Å². The molecular formula is C18H17ClF2N2O4.